The normalized spacial score (nSPS) is 10.1. The van der Waals surface area contributed by atoms with Gasteiger partial charge in [0.25, 0.3) is 5.91 Å². The third-order valence-electron chi connectivity index (χ3n) is 3.44. The first-order chi connectivity index (χ1) is 12.6. The van der Waals surface area contributed by atoms with Crippen molar-refractivity contribution in [2.75, 3.05) is 26.9 Å². The van der Waals surface area contributed by atoms with Crippen LogP contribution in [-0.4, -0.2) is 38.7 Å². The van der Waals surface area contributed by atoms with E-state index >= 15 is 0 Å². The van der Waals surface area contributed by atoms with Gasteiger partial charge in [-0.3, -0.25) is 4.79 Å². The van der Waals surface area contributed by atoms with Crippen molar-refractivity contribution in [3.05, 3.63) is 59.1 Å². The highest BCUT2D eigenvalue weighted by molar-refractivity contribution is 6.32. The average Bonchev–Trinajstić information content (AvgIpc) is 2.66. The predicted octanol–water partition coefficient (Wildman–Crippen LogP) is 2.63. The Labute approximate surface area is 157 Å². The Morgan fingerprint density at radius 1 is 1.04 bits per heavy atom. The Morgan fingerprint density at radius 3 is 2.46 bits per heavy atom. The molecule has 26 heavy (non-hydrogen) atoms. The van der Waals surface area contributed by atoms with Gasteiger partial charge in [0.15, 0.2) is 13.2 Å². The lowest BCUT2D eigenvalue weighted by Crippen LogP contribution is -2.31. The topological polar surface area (TPSA) is 73.9 Å². The quantitative estimate of drug-likeness (QED) is 0.680. The number of esters is 1. The number of hydrogen-bond acceptors (Lipinski definition) is 5. The van der Waals surface area contributed by atoms with Crippen molar-refractivity contribution < 1.29 is 23.8 Å². The molecule has 7 heteroatoms. The van der Waals surface area contributed by atoms with Crippen LogP contribution < -0.4 is 14.8 Å². The van der Waals surface area contributed by atoms with E-state index in [9.17, 15) is 9.59 Å². The molecule has 0 aliphatic heterocycles. The van der Waals surface area contributed by atoms with Crippen molar-refractivity contribution in [3.8, 4) is 11.5 Å². The van der Waals surface area contributed by atoms with Crippen molar-refractivity contribution in [1.82, 2.24) is 5.32 Å². The maximum Gasteiger partial charge on any atom is 0.344 e. The Hall–Kier alpha value is -2.73. The van der Waals surface area contributed by atoms with Gasteiger partial charge in [-0.15, -0.1) is 0 Å². The lowest BCUT2D eigenvalue weighted by molar-refractivity contribution is -0.150. The molecule has 0 aromatic heterocycles. The van der Waals surface area contributed by atoms with E-state index in [0.717, 1.165) is 11.3 Å². The fourth-order valence-electron chi connectivity index (χ4n) is 2.08. The number of carbonyl (C=O) groups excluding carboxylic acids is 2. The van der Waals surface area contributed by atoms with Gasteiger partial charge in [-0.25, -0.2) is 4.79 Å². The van der Waals surface area contributed by atoms with Gasteiger partial charge >= 0.3 is 5.97 Å². The minimum absolute atomic E-state index is 0.317. The number of rotatable bonds is 9. The summed E-state index contributed by atoms with van der Waals surface area (Å²) >= 11 is 5.91. The molecule has 1 N–H and O–H groups in total. The van der Waals surface area contributed by atoms with Gasteiger partial charge in [0.2, 0.25) is 0 Å². The highest BCUT2D eigenvalue weighted by atomic mass is 35.5. The van der Waals surface area contributed by atoms with E-state index in [-0.39, 0.29) is 19.1 Å². The van der Waals surface area contributed by atoms with E-state index in [1.807, 2.05) is 24.3 Å². The van der Waals surface area contributed by atoms with Crippen molar-refractivity contribution in [1.29, 1.82) is 0 Å². The Kier molecular flexibility index (Phi) is 7.76. The van der Waals surface area contributed by atoms with Gasteiger partial charge in [0.05, 0.1) is 12.1 Å². The molecule has 0 spiro atoms. The molecular formula is C19H20ClNO5. The van der Waals surface area contributed by atoms with Crippen molar-refractivity contribution in [3.63, 3.8) is 0 Å². The molecule has 0 unspecified atom stereocenters. The van der Waals surface area contributed by atoms with E-state index in [2.05, 4.69) is 5.32 Å². The first kappa shape index (κ1) is 19.6. The van der Waals surface area contributed by atoms with Crippen LogP contribution in [-0.2, 0) is 20.7 Å². The maximum absolute atomic E-state index is 11.7. The predicted molar refractivity (Wildman–Crippen MR) is 97.6 cm³/mol. The molecule has 0 aliphatic carbocycles. The highest BCUT2D eigenvalue weighted by Crippen LogP contribution is 2.22. The number of halogens is 1. The molecule has 0 aliphatic rings. The standard InChI is InChI=1S/C19H20ClNO5/c1-24-15-8-6-14(7-9-15)10-11-21-18(22)12-26-19(23)13-25-17-5-3-2-4-16(17)20/h2-9H,10-13H2,1H3,(H,21,22). The van der Waals surface area contributed by atoms with E-state index in [1.165, 1.54) is 0 Å². The van der Waals surface area contributed by atoms with Crippen LogP contribution in [0, 0.1) is 0 Å². The molecule has 0 saturated carbocycles. The van der Waals surface area contributed by atoms with Crippen LogP contribution in [0.1, 0.15) is 5.56 Å². The largest absolute Gasteiger partial charge is 0.497 e. The van der Waals surface area contributed by atoms with E-state index in [1.54, 1.807) is 31.4 Å². The van der Waals surface area contributed by atoms with E-state index < -0.39 is 5.97 Å². The summed E-state index contributed by atoms with van der Waals surface area (Å²) in [5, 5.41) is 3.09. The lowest BCUT2D eigenvalue weighted by Gasteiger charge is -2.09. The molecule has 0 fully saturated rings. The third-order valence-corrected chi connectivity index (χ3v) is 3.75. The Balaban J connectivity index is 1.61. The van der Waals surface area contributed by atoms with Crippen LogP contribution in [0.25, 0.3) is 0 Å². The summed E-state index contributed by atoms with van der Waals surface area (Å²) in [6.07, 6.45) is 0.666. The molecule has 2 aromatic rings. The van der Waals surface area contributed by atoms with Crippen LogP contribution in [0.2, 0.25) is 5.02 Å². The molecule has 2 aromatic carbocycles. The summed E-state index contributed by atoms with van der Waals surface area (Å²) in [5.41, 5.74) is 1.07. The van der Waals surface area contributed by atoms with Gasteiger partial charge < -0.3 is 19.5 Å². The molecule has 0 atom stereocenters. The molecule has 6 nitrogen and oxygen atoms in total. The zero-order chi connectivity index (χ0) is 18.8. The molecule has 0 bridgehead atoms. The van der Waals surface area contributed by atoms with Crippen molar-refractivity contribution in [2.24, 2.45) is 0 Å². The summed E-state index contributed by atoms with van der Waals surface area (Å²) in [7, 11) is 1.61. The second-order valence-corrected chi connectivity index (χ2v) is 5.74. The van der Waals surface area contributed by atoms with Crippen LogP contribution in [0.3, 0.4) is 0 Å². The first-order valence-electron chi connectivity index (χ1n) is 8.01. The van der Waals surface area contributed by atoms with Crippen molar-refractivity contribution in [2.45, 2.75) is 6.42 Å². The number of benzene rings is 2. The smallest absolute Gasteiger partial charge is 0.344 e. The summed E-state index contributed by atoms with van der Waals surface area (Å²) in [6.45, 7) is -0.227. The van der Waals surface area contributed by atoms with Gasteiger partial charge in [-0.1, -0.05) is 35.9 Å². The van der Waals surface area contributed by atoms with E-state index in [0.29, 0.717) is 23.7 Å². The molecule has 0 heterocycles. The highest BCUT2D eigenvalue weighted by Gasteiger charge is 2.09. The molecule has 138 valence electrons. The number of carbonyl (C=O) groups is 2. The van der Waals surface area contributed by atoms with Crippen LogP contribution >= 0.6 is 11.6 Å². The Bertz CT molecular complexity index is 733. The average molecular weight is 378 g/mol. The van der Waals surface area contributed by atoms with Gasteiger partial charge in [0.1, 0.15) is 11.5 Å². The maximum atomic E-state index is 11.7. The van der Waals surface area contributed by atoms with Crippen molar-refractivity contribution >= 4 is 23.5 Å². The van der Waals surface area contributed by atoms with Crippen LogP contribution in [0.5, 0.6) is 11.5 Å². The summed E-state index contributed by atoms with van der Waals surface area (Å²) < 4.78 is 15.2. The minimum atomic E-state index is -0.643. The zero-order valence-electron chi connectivity index (χ0n) is 14.4. The number of hydrogen-bond donors (Lipinski definition) is 1. The molecule has 1 amide bonds. The molecular weight excluding hydrogens is 358 g/mol. The molecule has 0 radical (unpaired) electrons. The number of methoxy groups -OCH3 is 1. The van der Waals surface area contributed by atoms with Crippen LogP contribution in [0.15, 0.2) is 48.5 Å². The lowest BCUT2D eigenvalue weighted by atomic mass is 10.1. The monoisotopic (exact) mass is 377 g/mol. The second kappa shape index (κ2) is 10.3. The number of amides is 1. The SMILES string of the molecule is COc1ccc(CCNC(=O)COC(=O)COc2ccccc2Cl)cc1. The van der Waals surface area contributed by atoms with E-state index in [4.69, 9.17) is 25.8 Å². The fraction of sp³-hybridized carbons (Fsp3) is 0.263. The summed E-state index contributed by atoms with van der Waals surface area (Å²) in [4.78, 5) is 23.3. The number of nitrogens with one attached hydrogen (secondary N) is 1. The molecule has 2 rings (SSSR count). The van der Waals surface area contributed by atoms with Gasteiger partial charge in [-0.05, 0) is 36.2 Å². The Morgan fingerprint density at radius 2 is 1.77 bits per heavy atom. The summed E-state index contributed by atoms with van der Waals surface area (Å²) in [6, 6.07) is 14.4. The first-order valence-corrected chi connectivity index (χ1v) is 8.39. The van der Waals surface area contributed by atoms with Crippen LogP contribution in [0.4, 0.5) is 0 Å². The van der Waals surface area contributed by atoms with Gasteiger partial charge in [0, 0.05) is 6.54 Å². The number of ether oxygens (including phenoxy) is 3. The second-order valence-electron chi connectivity index (χ2n) is 5.33. The molecule has 0 saturated heterocycles. The minimum Gasteiger partial charge on any atom is -0.497 e. The van der Waals surface area contributed by atoms with Gasteiger partial charge in [-0.2, -0.15) is 0 Å². The third kappa shape index (κ3) is 6.64. The fourth-order valence-corrected chi connectivity index (χ4v) is 2.27. The summed E-state index contributed by atoms with van der Waals surface area (Å²) in [5.74, 6) is 0.151. The number of para-hydroxylation sites is 1. The zero-order valence-corrected chi connectivity index (χ0v) is 15.1.